The molecule has 0 spiro atoms. The third-order valence-electron chi connectivity index (χ3n) is 5.66. The number of benzene rings is 1. The van der Waals surface area contributed by atoms with Crippen LogP contribution in [0.5, 0.6) is 5.75 Å². The first-order valence-corrected chi connectivity index (χ1v) is 10.0. The fourth-order valence-corrected chi connectivity index (χ4v) is 5.47. The highest BCUT2D eigenvalue weighted by Crippen LogP contribution is 2.40. The van der Waals surface area contributed by atoms with E-state index in [2.05, 4.69) is 47.5 Å². The lowest BCUT2D eigenvalue weighted by Crippen LogP contribution is -2.50. The number of aryl methyl sites for hydroxylation is 1. The summed E-state index contributed by atoms with van der Waals surface area (Å²) in [6.45, 7) is 1.16. The number of likely N-dealkylation sites (N-methyl/N-ethyl adjacent to an activating group) is 1. The predicted molar refractivity (Wildman–Crippen MR) is 107 cm³/mol. The minimum Gasteiger partial charge on any atom is -0.508 e. The molecule has 0 amide bonds. The Morgan fingerprint density at radius 3 is 2.81 bits per heavy atom. The highest BCUT2D eigenvalue weighted by Gasteiger charge is 2.38. The van der Waals surface area contributed by atoms with Crippen LogP contribution >= 0.6 is 11.8 Å². The van der Waals surface area contributed by atoms with Crippen molar-refractivity contribution in [1.82, 2.24) is 14.5 Å². The summed E-state index contributed by atoms with van der Waals surface area (Å²) in [6.07, 6.45) is 15.2. The van der Waals surface area contributed by atoms with Gasteiger partial charge in [-0.25, -0.2) is 4.98 Å². The van der Waals surface area contributed by atoms with Crippen molar-refractivity contribution in [2.24, 2.45) is 18.9 Å². The lowest BCUT2D eigenvalue weighted by molar-refractivity contribution is 0.0792. The molecule has 26 heavy (non-hydrogen) atoms. The van der Waals surface area contributed by atoms with Gasteiger partial charge in [-0.05, 0) is 55.3 Å². The third kappa shape index (κ3) is 3.77. The van der Waals surface area contributed by atoms with Crippen LogP contribution in [0.25, 0.3) is 0 Å². The summed E-state index contributed by atoms with van der Waals surface area (Å²) < 4.78 is 2.09. The Kier molecular flexibility index (Phi) is 5.95. The van der Waals surface area contributed by atoms with Gasteiger partial charge in [0.2, 0.25) is 0 Å². The molecule has 1 aliphatic heterocycles. The minimum absolute atomic E-state index is 0.484. The zero-order valence-corrected chi connectivity index (χ0v) is 16.3. The zero-order valence-electron chi connectivity index (χ0n) is 15.5. The van der Waals surface area contributed by atoms with E-state index in [1.807, 2.05) is 36.3 Å². The average molecular weight is 370 g/mol. The lowest BCUT2D eigenvalue weighted by Gasteiger charge is -2.46. The van der Waals surface area contributed by atoms with Crippen LogP contribution in [0.15, 0.2) is 35.7 Å². The van der Waals surface area contributed by atoms with E-state index in [1.165, 1.54) is 17.5 Å². The molecule has 1 saturated heterocycles. The number of phenolic OH excluding ortho intramolecular Hbond substituents is 1. The summed E-state index contributed by atoms with van der Waals surface area (Å²) in [6, 6.07) is 6.61. The molecule has 5 heteroatoms. The highest BCUT2D eigenvalue weighted by atomic mass is 32.2. The smallest absolute Gasteiger partial charge is 0.167 e. The van der Waals surface area contributed by atoms with Crippen LogP contribution in [0.1, 0.15) is 17.5 Å². The van der Waals surface area contributed by atoms with Gasteiger partial charge in [0.25, 0.3) is 0 Å². The van der Waals surface area contributed by atoms with Gasteiger partial charge in [-0.3, -0.25) is 0 Å². The van der Waals surface area contributed by atoms with Gasteiger partial charge in [0.15, 0.2) is 5.16 Å². The molecule has 2 aromatic rings. The zero-order chi connectivity index (χ0) is 18.7. The molecule has 1 fully saturated rings. The van der Waals surface area contributed by atoms with Crippen molar-refractivity contribution in [3.05, 3.63) is 41.7 Å². The largest absolute Gasteiger partial charge is 0.508 e. The number of thioether (sulfide) groups is 1. The topological polar surface area (TPSA) is 41.3 Å². The van der Waals surface area contributed by atoms with E-state index in [-0.39, 0.29) is 0 Å². The van der Waals surface area contributed by atoms with Gasteiger partial charge in [0.1, 0.15) is 5.75 Å². The number of fused-ring (bicyclic) bond motifs is 2. The first-order chi connectivity index (χ1) is 12.6. The molecule has 0 bridgehead atoms. The van der Waals surface area contributed by atoms with E-state index in [0.29, 0.717) is 23.6 Å². The van der Waals surface area contributed by atoms with Crippen molar-refractivity contribution < 1.29 is 5.11 Å². The second-order valence-electron chi connectivity index (χ2n) is 7.32. The fraction of sp³-hybridized carbons (Fsp3) is 0.476. The quantitative estimate of drug-likeness (QED) is 0.666. The molecule has 138 valence electrons. The number of aromatic nitrogens is 2. The van der Waals surface area contributed by atoms with E-state index in [9.17, 15) is 5.11 Å². The fourth-order valence-electron chi connectivity index (χ4n) is 4.44. The standard InChI is InChI=1S/C19H25N3OS.C2H2/c1-21-7-6-20-19(21)24-12-13-8-15-9-16-14(4-3-5-18(16)23)10-17(15)22(2)11-13;1-2/h3-7,13,15,17,23H,8-12H2,1-2H3;1-2H/t13-,15?,17-;/m1./s1. The van der Waals surface area contributed by atoms with Crippen molar-refractivity contribution in [1.29, 1.82) is 0 Å². The number of imidazole rings is 1. The molecular formula is C21H27N3OS. The minimum atomic E-state index is 0.484. The number of nitrogens with zero attached hydrogens (tertiary/aromatic N) is 3. The Balaban J connectivity index is 0.000000948. The molecule has 1 N–H and O–H groups in total. The number of terminal acetylenes is 1. The summed E-state index contributed by atoms with van der Waals surface area (Å²) in [5, 5.41) is 11.3. The second kappa shape index (κ2) is 8.20. The number of hydrogen-bond donors (Lipinski definition) is 1. The number of aromatic hydroxyl groups is 1. The maximum Gasteiger partial charge on any atom is 0.167 e. The number of rotatable bonds is 3. The van der Waals surface area contributed by atoms with E-state index in [1.54, 1.807) is 0 Å². The molecule has 0 saturated carbocycles. The Hall–Kier alpha value is -1.90. The van der Waals surface area contributed by atoms with E-state index < -0.39 is 0 Å². The van der Waals surface area contributed by atoms with Gasteiger partial charge in [0.05, 0.1) is 0 Å². The number of phenols is 1. The Labute approximate surface area is 160 Å². The van der Waals surface area contributed by atoms with Gasteiger partial charge in [0, 0.05) is 37.8 Å². The van der Waals surface area contributed by atoms with Crippen molar-refractivity contribution in [3.63, 3.8) is 0 Å². The highest BCUT2D eigenvalue weighted by molar-refractivity contribution is 7.99. The van der Waals surface area contributed by atoms with Crippen LogP contribution in [-0.4, -0.2) is 44.9 Å². The molecule has 1 unspecified atom stereocenters. The van der Waals surface area contributed by atoms with E-state index in [4.69, 9.17) is 0 Å². The first-order valence-electron chi connectivity index (χ1n) is 9.05. The van der Waals surface area contributed by atoms with Gasteiger partial charge in [-0.1, -0.05) is 23.9 Å². The molecular weight excluding hydrogens is 342 g/mol. The Morgan fingerprint density at radius 2 is 2.08 bits per heavy atom. The van der Waals surface area contributed by atoms with Crippen LogP contribution in [0.2, 0.25) is 0 Å². The molecule has 1 aromatic heterocycles. The molecule has 4 rings (SSSR count). The number of piperidine rings is 1. The monoisotopic (exact) mass is 369 g/mol. The normalized spacial score (nSPS) is 24.8. The average Bonchev–Trinajstić information content (AvgIpc) is 3.06. The van der Waals surface area contributed by atoms with E-state index >= 15 is 0 Å². The summed E-state index contributed by atoms with van der Waals surface area (Å²) >= 11 is 1.87. The maximum absolute atomic E-state index is 10.2. The SMILES string of the molecule is C#C.CN1C[C@H](CSc2nccn2C)CC2Cc3c(O)cccc3C[C@H]21. The summed E-state index contributed by atoms with van der Waals surface area (Å²) in [4.78, 5) is 6.97. The molecule has 2 aliphatic rings. The second-order valence-corrected chi connectivity index (χ2v) is 8.31. The summed E-state index contributed by atoms with van der Waals surface area (Å²) in [7, 11) is 4.32. The summed E-state index contributed by atoms with van der Waals surface area (Å²) in [5.74, 6) is 2.94. The maximum atomic E-state index is 10.2. The molecule has 1 aromatic carbocycles. The number of likely N-dealkylation sites (tertiary alicyclic amines) is 1. The predicted octanol–water partition coefficient (Wildman–Crippen LogP) is 3.20. The summed E-state index contributed by atoms with van der Waals surface area (Å²) in [5.41, 5.74) is 2.52. The van der Waals surface area contributed by atoms with Gasteiger partial charge < -0.3 is 14.6 Å². The van der Waals surface area contributed by atoms with Crippen LogP contribution in [0.4, 0.5) is 0 Å². The van der Waals surface area contributed by atoms with Crippen molar-refractivity contribution in [2.75, 3.05) is 19.3 Å². The van der Waals surface area contributed by atoms with Crippen molar-refractivity contribution in [3.8, 4) is 18.6 Å². The molecule has 3 atom stereocenters. The lowest BCUT2D eigenvalue weighted by atomic mass is 9.73. The van der Waals surface area contributed by atoms with Crippen LogP contribution in [-0.2, 0) is 19.9 Å². The van der Waals surface area contributed by atoms with Crippen molar-refractivity contribution in [2.45, 2.75) is 30.5 Å². The van der Waals surface area contributed by atoms with Gasteiger partial charge >= 0.3 is 0 Å². The van der Waals surface area contributed by atoms with Gasteiger partial charge in [-0.2, -0.15) is 0 Å². The number of hydrogen-bond acceptors (Lipinski definition) is 4. The third-order valence-corrected chi connectivity index (χ3v) is 6.95. The van der Waals surface area contributed by atoms with Crippen LogP contribution in [0, 0.1) is 24.7 Å². The molecule has 4 nitrogen and oxygen atoms in total. The Bertz CT molecular complexity index is 770. The molecule has 2 heterocycles. The van der Waals surface area contributed by atoms with E-state index in [0.717, 1.165) is 30.3 Å². The van der Waals surface area contributed by atoms with Crippen LogP contribution in [0.3, 0.4) is 0 Å². The van der Waals surface area contributed by atoms with Crippen LogP contribution < -0.4 is 0 Å². The van der Waals surface area contributed by atoms with Crippen molar-refractivity contribution >= 4 is 11.8 Å². The van der Waals surface area contributed by atoms with Gasteiger partial charge in [-0.15, -0.1) is 12.8 Å². The molecule has 0 radical (unpaired) electrons. The first kappa shape index (κ1) is 18.9. The Morgan fingerprint density at radius 1 is 1.27 bits per heavy atom. The molecule has 1 aliphatic carbocycles.